The molecule has 0 bridgehead atoms. The smallest absolute Gasteiger partial charge is 0.166 e. The maximum Gasteiger partial charge on any atom is 0.166 e. The Bertz CT molecular complexity index is 679. The molecule has 25 heavy (non-hydrogen) atoms. The third-order valence-corrected chi connectivity index (χ3v) is 4.49. The molecule has 0 radical (unpaired) electrons. The van der Waals surface area contributed by atoms with Gasteiger partial charge in [-0.1, -0.05) is 30.3 Å². The minimum Gasteiger partial charge on any atom is -0.363 e. The van der Waals surface area contributed by atoms with Gasteiger partial charge in [0.15, 0.2) is 5.11 Å². The van der Waals surface area contributed by atoms with E-state index in [-0.39, 0.29) is 0 Å². The van der Waals surface area contributed by atoms with E-state index < -0.39 is 0 Å². The summed E-state index contributed by atoms with van der Waals surface area (Å²) >= 11 is 5.37. The predicted molar refractivity (Wildman–Crippen MR) is 108 cm³/mol. The van der Waals surface area contributed by atoms with Crippen LogP contribution in [-0.4, -0.2) is 47.0 Å². The normalized spacial score (nSPS) is 10.9. The van der Waals surface area contributed by atoms with Gasteiger partial charge < -0.3 is 15.5 Å². The Hall–Kier alpha value is -1.92. The molecule has 5 nitrogen and oxygen atoms in total. The summed E-state index contributed by atoms with van der Waals surface area (Å²) in [7, 11) is 4.16. The van der Waals surface area contributed by atoms with Gasteiger partial charge in [-0.2, -0.15) is 5.10 Å². The van der Waals surface area contributed by atoms with Crippen LogP contribution < -0.4 is 10.6 Å². The lowest BCUT2D eigenvalue weighted by atomic mass is 10.2. The molecule has 1 aromatic heterocycles. The average Bonchev–Trinajstić information content (AvgIpc) is 2.84. The fourth-order valence-electron chi connectivity index (χ4n) is 2.73. The minimum absolute atomic E-state index is 0.700. The number of aromatic nitrogens is 2. The fourth-order valence-corrected chi connectivity index (χ4v) is 2.90. The Morgan fingerprint density at radius 3 is 2.56 bits per heavy atom. The van der Waals surface area contributed by atoms with Gasteiger partial charge in [0.1, 0.15) is 0 Å². The first-order chi connectivity index (χ1) is 12.0. The molecule has 0 saturated carbocycles. The molecule has 0 amide bonds. The van der Waals surface area contributed by atoms with E-state index in [2.05, 4.69) is 77.5 Å². The van der Waals surface area contributed by atoms with Crippen LogP contribution in [0.25, 0.3) is 0 Å². The quantitative estimate of drug-likeness (QED) is 0.560. The van der Waals surface area contributed by atoms with Crippen LogP contribution in [0.4, 0.5) is 0 Å². The lowest BCUT2D eigenvalue weighted by Crippen LogP contribution is -2.36. The van der Waals surface area contributed by atoms with Gasteiger partial charge in [-0.25, -0.2) is 0 Å². The van der Waals surface area contributed by atoms with Crippen molar-refractivity contribution in [3.8, 4) is 0 Å². The third-order valence-electron chi connectivity index (χ3n) is 4.20. The molecule has 2 aromatic rings. The Morgan fingerprint density at radius 1 is 1.16 bits per heavy atom. The molecule has 0 spiro atoms. The molecule has 6 heteroatoms. The lowest BCUT2D eigenvalue weighted by molar-refractivity contribution is 0.400. The number of nitrogens with one attached hydrogen (secondary N) is 2. The van der Waals surface area contributed by atoms with Gasteiger partial charge in [0.2, 0.25) is 0 Å². The summed E-state index contributed by atoms with van der Waals surface area (Å²) in [5.41, 5.74) is 4.71. The van der Waals surface area contributed by atoms with E-state index in [1.54, 1.807) is 0 Å². The van der Waals surface area contributed by atoms with Crippen LogP contribution in [0.15, 0.2) is 30.3 Å². The average molecular weight is 360 g/mol. The molecule has 0 fully saturated rings. The Labute approximate surface area is 156 Å². The molecule has 0 aliphatic rings. The highest BCUT2D eigenvalue weighted by molar-refractivity contribution is 7.80. The van der Waals surface area contributed by atoms with Crippen molar-refractivity contribution in [3.05, 3.63) is 52.8 Å². The van der Waals surface area contributed by atoms with Gasteiger partial charge in [0.05, 0.1) is 12.2 Å². The highest BCUT2D eigenvalue weighted by atomic mass is 32.1. The van der Waals surface area contributed by atoms with Crippen LogP contribution in [0.5, 0.6) is 0 Å². The van der Waals surface area contributed by atoms with E-state index in [1.165, 1.54) is 16.8 Å². The summed E-state index contributed by atoms with van der Waals surface area (Å²) < 4.78 is 2.06. The molecule has 1 heterocycles. The van der Waals surface area contributed by atoms with Crippen molar-refractivity contribution >= 4 is 17.3 Å². The van der Waals surface area contributed by atoms with E-state index in [9.17, 15) is 0 Å². The number of nitrogens with zero attached hydrogens (tertiary/aromatic N) is 3. The number of aryl methyl sites for hydroxylation is 1. The highest BCUT2D eigenvalue weighted by Crippen LogP contribution is 2.14. The minimum atomic E-state index is 0.700. The molecular formula is C19H29N5S. The van der Waals surface area contributed by atoms with Crippen molar-refractivity contribution in [1.82, 2.24) is 25.3 Å². The predicted octanol–water partition coefficient (Wildman–Crippen LogP) is 2.46. The van der Waals surface area contributed by atoms with Crippen molar-refractivity contribution in [2.45, 2.75) is 33.4 Å². The molecule has 2 rings (SSSR count). The molecule has 2 N–H and O–H groups in total. The molecule has 1 aromatic carbocycles. The van der Waals surface area contributed by atoms with E-state index in [0.29, 0.717) is 11.7 Å². The molecule has 136 valence electrons. The second-order valence-electron chi connectivity index (χ2n) is 6.56. The van der Waals surface area contributed by atoms with Crippen LogP contribution in [0, 0.1) is 13.8 Å². The van der Waals surface area contributed by atoms with Gasteiger partial charge in [0, 0.05) is 24.3 Å². The van der Waals surface area contributed by atoms with Crippen LogP contribution >= 0.6 is 12.2 Å². The second kappa shape index (κ2) is 9.53. The van der Waals surface area contributed by atoms with E-state index in [4.69, 9.17) is 12.2 Å². The van der Waals surface area contributed by atoms with Gasteiger partial charge >= 0.3 is 0 Å². The van der Waals surface area contributed by atoms with Crippen molar-refractivity contribution in [2.75, 3.05) is 27.2 Å². The van der Waals surface area contributed by atoms with E-state index >= 15 is 0 Å². The van der Waals surface area contributed by atoms with Gasteiger partial charge in [-0.3, -0.25) is 4.68 Å². The van der Waals surface area contributed by atoms with Crippen LogP contribution in [0.3, 0.4) is 0 Å². The zero-order valence-corrected chi connectivity index (χ0v) is 16.5. The maximum absolute atomic E-state index is 5.37. The van der Waals surface area contributed by atoms with Gasteiger partial charge in [0.25, 0.3) is 0 Å². The Kier molecular flexibility index (Phi) is 7.40. The Balaban J connectivity index is 1.87. The standard InChI is InChI=1S/C19H29N5S/c1-15-18(13-21-19(25)20-11-8-12-23(3)4)16(2)24(22-15)14-17-9-6-5-7-10-17/h5-7,9-10H,8,11-14H2,1-4H3,(H2,20,21,25). The monoisotopic (exact) mass is 359 g/mol. The summed E-state index contributed by atoms with van der Waals surface area (Å²) in [5, 5.41) is 11.9. The zero-order chi connectivity index (χ0) is 18.2. The van der Waals surface area contributed by atoms with E-state index in [0.717, 1.165) is 31.7 Å². The van der Waals surface area contributed by atoms with Gasteiger partial charge in [-0.15, -0.1) is 0 Å². The number of thiocarbonyl (C=S) groups is 1. The van der Waals surface area contributed by atoms with E-state index in [1.807, 2.05) is 6.07 Å². The second-order valence-corrected chi connectivity index (χ2v) is 6.97. The Morgan fingerprint density at radius 2 is 1.88 bits per heavy atom. The topological polar surface area (TPSA) is 45.1 Å². The number of hydrogen-bond donors (Lipinski definition) is 2. The molecular weight excluding hydrogens is 330 g/mol. The first kappa shape index (κ1) is 19.4. The van der Waals surface area contributed by atoms with Crippen molar-refractivity contribution in [2.24, 2.45) is 0 Å². The van der Waals surface area contributed by atoms with Crippen molar-refractivity contribution in [1.29, 1.82) is 0 Å². The molecule has 0 saturated heterocycles. The fraction of sp³-hybridized carbons (Fsp3) is 0.474. The van der Waals surface area contributed by atoms with Crippen LogP contribution in [0.1, 0.15) is 28.9 Å². The summed E-state index contributed by atoms with van der Waals surface area (Å²) in [6.07, 6.45) is 1.07. The molecule has 0 unspecified atom stereocenters. The summed E-state index contributed by atoms with van der Waals surface area (Å²) in [4.78, 5) is 2.17. The number of benzene rings is 1. The number of hydrogen-bond acceptors (Lipinski definition) is 3. The first-order valence-corrected chi connectivity index (χ1v) is 9.11. The largest absolute Gasteiger partial charge is 0.363 e. The number of rotatable bonds is 8. The first-order valence-electron chi connectivity index (χ1n) is 8.70. The van der Waals surface area contributed by atoms with Crippen LogP contribution in [-0.2, 0) is 13.1 Å². The lowest BCUT2D eigenvalue weighted by Gasteiger charge is -2.13. The van der Waals surface area contributed by atoms with Gasteiger partial charge in [-0.05, 0) is 58.7 Å². The molecule has 0 aliphatic carbocycles. The van der Waals surface area contributed by atoms with Crippen molar-refractivity contribution in [3.63, 3.8) is 0 Å². The maximum atomic E-state index is 5.37. The molecule has 0 aliphatic heterocycles. The summed E-state index contributed by atoms with van der Waals surface area (Å²) in [6, 6.07) is 10.4. The molecule has 0 atom stereocenters. The summed E-state index contributed by atoms with van der Waals surface area (Å²) in [5.74, 6) is 0. The summed E-state index contributed by atoms with van der Waals surface area (Å²) in [6.45, 7) is 7.61. The third kappa shape index (κ3) is 6.14. The zero-order valence-electron chi connectivity index (χ0n) is 15.7. The van der Waals surface area contributed by atoms with Crippen molar-refractivity contribution < 1.29 is 0 Å². The highest BCUT2D eigenvalue weighted by Gasteiger charge is 2.12. The SMILES string of the molecule is Cc1nn(Cc2ccccc2)c(C)c1CNC(=S)NCCCN(C)C. The van der Waals surface area contributed by atoms with Crippen LogP contribution in [0.2, 0.25) is 0 Å².